The van der Waals surface area contributed by atoms with Crippen LogP contribution in [-0.4, -0.2) is 17.6 Å². The molecule has 0 heterocycles. The molecule has 2 aromatic carbocycles. The van der Waals surface area contributed by atoms with Crippen molar-refractivity contribution in [2.24, 2.45) is 0 Å². The maximum absolute atomic E-state index is 10.8. The van der Waals surface area contributed by atoms with Crippen LogP contribution in [0.3, 0.4) is 0 Å². The molecule has 0 atom stereocenters. The number of benzene rings is 2. The molecule has 2 aromatic rings. The number of carbonyl (C=O) groups is 1. The quantitative estimate of drug-likeness (QED) is 0.872. The second kappa shape index (κ2) is 6.75. The van der Waals surface area contributed by atoms with Crippen molar-refractivity contribution in [3.05, 3.63) is 65.7 Å². The standard InChI is InChI=1S/C17H19NO2/c1-14-6-5-7-15(12-14)13-18(11-10-17(19)20)16-8-3-2-4-9-16/h2-9,12H,10-11,13H2,1H3,(H,19,20). The molecule has 3 nitrogen and oxygen atoms in total. The lowest BCUT2D eigenvalue weighted by atomic mass is 10.1. The first-order valence-electron chi connectivity index (χ1n) is 6.72. The lowest BCUT2D eigenvalue weighted by Gasteiger charge is -2.24. The summed E-state index contributed by atoms with van der Waals surface area (Å²) in [5, 5.41) is 8.89. The monoisotopic (exact) mass is 269 g/mol. The van der Waals surface area contributed by atoms with Crippen molar-refractivity contribution in [2.45, 2.75) is 19.9 Å². The highest BCUT2D eigenvalue weighted by Gasteiger charge is 2.09. The van der Waals surface area contributed by atoms with E-state index < -0.39 is 5.97 Å². The summed E-state index contributed by atoms with van der Waals surface area (Å²) < 4.78 is 0. The number of hydrogen-bond acceptors (Lipinski definition) is 2. The van der Waals surface area contributed by atoms with Crippen LogP contribution in [-0.2, 0) is 11.3 Å². The number of anilines is 1. The van der Waals surface area contributed by atoms with Crippen LogP contribution in [0.15, 0.2) is 54.6 Å². The Kier molecular flexibility index (Phi) is 4.77. The van der Waals surface area contributed by atoms with Gasteiger partial charge in [-0.3, -0.25) is 4.79 Å². The highest BCUT2D eigenvalue weighted by molar-refractivity contribution is 5.67. The number of para-hydroxylation sites is 1. The number of rotatable bonds is 6. The number of aryl methyl sites for hydroxylation is 1. The largest absolute Gasteiger partial charge is 0.481 e. The average Bonchev–Trinajstić information content (AvgIpc) is 2.44. The summed E-state index contributed by atoms with van der Waals surface area (Å²) in [4.78, 5) is 12.9. The highest BCUT2D eigenvalue weighted by atomic mass is 16.4. The van der Waals surface area contributed by atoms with Gasteiger partial charge in [0.15, 0.2) is 0 Å². The van der Waals surface area contributed by atoms with E-state index in [9.17, 15) is 4.79 Å². The van der Waals surface area contributed by atoms with Crippen LogP contribution in [0, 0.1) is 6.92 Å². The van der Waals surface area contributed by atoms with Gasteiger partial charge in [0.1, 0.15) is 0 Å². The molecule has 0 unspecified atom stereocenters. The van der Waals surface area contributed by atoms with E-state index in [1.165, 1.54) is 11.1 Å². The summed E-state index contributed by atoms with van der Waals surface area (Å²) in [6.07, 6.45) is 0.140. The molecule has 2 rings (SSSR count). The predicted octanol–water partition coefficient (Wildman–Crippen LogP) is 3.48. The Labute approximate surface area is 119 Å². The fraction of sp³-hybridized carbons (Fsp3) is 0.235. The molecule has 104 valence electrons. The fourth-order valence-electron chi connectivity index (χ4n) is 2.20. The van der Waals surface area contributed by atoms with Crippen molar-refractivity contribution < 1.29 is 9.90 Å². The summed E-state index contributed by atoms with van der Waals surface area (Å²) in [6, 6.07) is 18.2. The van der Waals surface area contributed by atoms with Crippen LogP contribution in [0.25, 0.3) is 0 Å². The van der Waals surface area contributed by atoms with Gasteiger partial charge in [-0.1, -0.05) is 48.0 Å². The van der Waals surface area contributed by atoms with E-state index in [2.05, 4.69) is 30.0 Å². The molecule has 1 N–H and O–H groups in total. The maximum atomic E-state index is 10.8. The Morgan fingerprint density at radius 3 is 2.50 bits per heavy atom. The zero-order valence-corrected chi connectivity index (χ0v) is 11.6. The van der Waals surface area contributed by atoms with E-state index in [1.807, 2.05) is 36.4 Å². The summed E-state index contributed by atoms with van der Waals surface area (Å²) in [7, 11) is 0. The molecule has 3 heteroatoms. The average molecular weight is 269 g/mol. The van der Waals surface area contributed by atoms with Gasteiger partial charge in [-0.15, -0.1) is 0 Å². The number of carboxylic acids is 1. The van der Waals surface area contributed by atoms with Crippen LogP contribution in [0.5, 0.6) is 0 Å². The first kappa shape index (κ1) is 14.1. The predicted molar refractivity (Wildman–Crippen MR) is 80.9 cm³/mol. The molecule has 0 saturated carbocycles. The Bertz CT molecular complexity index is 566. The minimum absolute atomic E-state index is 0.140. The fourth-order valence-corrected chi connectivity index (χ4v) is 2.20. The van der Waals surface area contributed by atoms with E-state index in [1.54, 1.807) is 0 Å². The third-order valence-corrected chi connectivity index (χ3v) is 3.17. The van der Waals surface area contributed by atoms with Crippen molar-refractivity contribution in [3.8, 4) is 0 Å². The summed E-state index contributed by atoms with van der Waals surface area (Å²) in [5.41, 5.74) is 3.46. The van der Waals surface area contributed by atoms with Crippen molar-refractivity contribution in [3.63, 3.8) is 0 Å². The Balaban J connectivity index is 2.16. The van der Waals surface area contributed by atoms with Crippen LogP contribution in [0.1, 0.15) is 17.5 Å². The van der Waals surface area contributed by atoms with Gasteiger partial charge in [-0.2, -0.15) is 0 Å². The highest BCUT2D eigenvalue weighted by Crippen LogP contribution is 2.17. The van der Waals surface area contributed by atoms with Gasteiger partial charge in [-0.05, 0) is 24.6 Å². The lowest BCUT2D eigenvalue weighted by Crippen LogP contribution is -2.25. The Morgan fingerprint density at radius 2 is 1.85 bits per heavy atom. The van der Waals surface area contributed by atoms with Crippen LogP contribution in [0.4, 0.5) is 5.69 Å². The first-order chi connectivity index (χ1) is 9.65. The van der Waals surface area contributed by atoms with Gasteiger partial charge >= 0.3 is 5.97 Å². The zero-order chi connectivity index (χ0) is 14.4. The second-order valence-corrected chi connectivity index (χ2v) is 4.89. The van der Waals surface area contributed by atoms with Gasteiger partial charge < -0.3 is 10.0 Å². The topological polar surface area (TPSA) is 40.5 Å². The van der Waals surface area contributed by atoms with Gasteiger partial charge in [-0.25, -0.2) is 0 Å². The molecule has 0 aliphatic heterocycles. The smallest absolute Gasteiger partial charge is 0.305 e. The van der Waals surface area contributed by atoms with Crippen LogP contribution in [0.2, 0.25) is 0 Å². The second-order valence-electron chi connectivity index (χ2n) is 4.89. The third kappa shape index (κ3) is 4.12. The molecule has 0 aliphatic rings. The first-order valence-corrected chi connectivity index (χ1v) is 6.72. The molecule has 0 fully saturated rings. The van der Waals surface area contributed by atoms with Crippen molar-refractivity contribution in [1.82, 2.24) is 0 Å². The molecule has 0 saturated heterocycles. The lowest BCUT2D eigenvalue weighted by molar-refractivity contribution is -0.136. The normalized spacial score (nSPS) is 10.2. The minimum atomic E-state index is -0.768. The third-order valence-electron chi connectivity index (χ3n) is 3.17. The molecule has 0 aliphatic carbocycles. The summed E-state index contributed by atoms with van der Waals surface area (Å²) in [6.45, 7) is 3.29. The van der Waals surface area contributed by atoms with Gasteiger partial charge in [0, 0.05) is 18.8 Å². The Hall–Kier alpha value is -2.29. The zero-order valence-electron chi connectivity index (χ0n) is 11.6. The van der Waals surface area contributed by atoms with Gasteiger partial charge in [0.2, 0.25) is 0 Å². The van der Waals surface area contributed by atoms with Crippen molar-refractivity contribution >= 4 is 11.7 Å². The van der Waals surface area contributed by atoms with E-state index in [0.717, 1.165) is 12.2 Å². The van der Waals surface area contributed by atoms with Crippen molar-refractivity contribution in [1.29, 1.82) is 0 Å². The maximum Gasteiger partial charge on any atom is 0.305 e. The SMILES string of the molecule is Cc1cccc(CN(CCC(=O)O)c2ccccc2)c1. The van der Waals surface area contributed by atoms with Crippen molar-refractivity contribution in [2.75, 3.05) is 11.4 Å². The van der Waals surface area contributed by atoms with E-state index in [-0.39, 0.29) is 6.42 Å². The molecule has 0 bridgehead atoms. The van der Waals surface area contributed by atoms with E-state index in [0.29, 0.717) is 6.54 Å². The number of aliphatic carboxylic acids is 1. The number of hydrogen-bond donors (Lipinski definition) is 1. The van der Waals surface area contributed by atoms with E-state index in [4.69, 9.17) is 5.11 Å². The molecular weight excluding hydrogens is 250 g/mol. The van der Waals surface area contributed by atoms with Gasteiger partial charge in [0.05, 0.1) is 6.42 Å². The van der Waals surface area contributed by atoms with Crippen LogP contribution < -0.4 is 4.90 Å². The van der Waals surface area contributed by atoms with Gasteiger partial charge in [0.25, 0.3) is 0 Å². The van der Waals surface area contributed by atoms with E-state index >= 15 is 0 Å². The molecule has 0 spiro atoms. The Morgan fingerprint density at radius 1 is 1.10 bits per heavy atom. The molecule has 0 radical (unpaired) electrons. The molecule has 20 heavy (non-hydrogen) atoms. The molecular formula is C17H19NO2. The summed E-state index contributed by atoms with van der Waals surface area (Å²) >= 11 is 0. The molecule has 0 aromatic heterocycles. The summed E-state index contributed by atoms with van der Waals surface area (Å²) in [5.74, 6) is -0.768. The van der Waals surface area contributed by atoms with Crippen LogP contribution >= 0.6 is 0 Å². The minimum Gasteiger partial charge on any atom is -0.481 e. The number of nitrogens with zero attached hydrogens (tertiary/aromatic N) is 1. The number of carboxylic acid groups (broad SMARTS) is 1. The molecule has 0 amide bonds.